The molecule has 3 nitrogen and oxygen atoms in total. The van der Waals surface area contributed by atoms with Crippen molar-refractivity contribution in [1.82, 2.24) is 9.36 Å². The number of halogens is 1. The zero-order chi connectivity index (χ0) is 11.4. The molecule has 1 heterocycles. The maximum Gasteiger partial charge on any atom is 0.202 e. The van der Waals surface area contributed by atoms with Gasteiger partial charge in [0, 0.05) is 29.9 Å². The van der Waals surface area contributed by atoms with E-state index in [4.69, 9.17) is 11.6 Å². The Kier molecular flexibility index (Phi) is 4.41. The molecule has 90 valence electrons. The average Bonchev–Trinajstić information content (AvgIpc) is 3.04. The van der Waals surface area contributed by atoms with E-state index in [-0.39, 0.29) is 0 Å². The summed E-state index contributed by atoms with van der Waals surface area (Å²) in [4.78, 5) is 4.50. The Labute approximate surface area is 106 Å². The summed E-state index contributed by atoms with van der Waals surface area (Å²) < 4.78 is 4.37. The minimum Gasteiger partial charge on any atom is -0.360 e. The second-order valence-corrected chi connectivity index (χ2v) is 5.49. The molecule has 1 saturated carbocycles. The summed E-state index contributed by atoms with van der Waals surface area (Å²) >= 11 is 7.24. The second kappa shape index (κ2) is 5.82. The van der Waals surface area contributed by atoms with E-state index in [9.17, 15) is 0 Å². The SMILES string of the molecule is CCC(CCCl)CNc1nc(C2CC2)ns1. The number of aromatic nitrogens is 2. The quantitative estimate of drug-likeness (QED) is 0.762. The molecule has 5 heteroatoms. The highest BCUT2D eigenvalue weighted by Crippen LogP contribution is 2.39. The highest BCUT2D eigenvalue weighted by molar-refractivity contribution is 7.09. The average molecular weight is 260 g/mol. The van der Waals surface area contributed by atoms with Gasteiger partial charge in [-0.1, -0.05) is 13.3 Å². The van der Waals surface area contributed by atoms with Crippen LogP contribution in [0.15, 0.2) is 0 Å². The summed E-state index contributed by atoms with van der Waals surface area (Å²) in [5.41, 5.74) is 0. The van der Waals surface area contributed by atoms with Gasteiger partial charge in [0.1, 0.15) is 5.82 Å². The number of nitrogens with one attached hydrogen (secondary N) is 1. The third-order valence-corrected chi connectivity index (χ3v) is 3.93. The third kappa shape index (κ3) is 3.32. The fraction of sp³-hybridized carbons (Fsp3) is 0.818. The van der Waals surface area contributed by atoms with Crippen molar-refractivity contribution in [3.05, 3.63) is 5.82 Å². The van der Waals surface area contributed by atoms with Gasteiger partial charge in [-0.25, -0.2) is 4.98 Å². The molecule has 0 aliphatic heterocycles. The fourth-order valence-electron chi connectivity index (χ4n) is 1.65. The number of nitrogens with zero attached hydrogens (tertiary/aromatic N) is 2. The molecule has 16 heavy (non-hydrogen) atoms. The Hall–Kier alpha value is -0.350. The normalized spacial score (nSPS) is 17.4. The third-order valence-electron chi connectivity index (χ3n) is 3.02. The van der Waals surface area contributed by atoms with Crippen LogP contribution in [0.4, 0.5) is 5.13 Å². The predicted molar refractivity (Wildman–Crippen MR) is 69.5 cm³/mol. The number of rotatable bonds is 7. The molecular weight excluding hydrogens is 242 g/mol. The molecular formula is C11H18ClN3S. The molecule has 1 fully saturated rings. The van der Waals surface area contributed by atoms with Gasteiger partial charge in [0.25, 0.3) is 0 Å². The molecule has 1 unspecified atom stereocenters. The molecule has 1 aromatic rings. The van der Waals surface area contributed by atoms with E-state index in [0.717, 1.165) is 36.2 Å². The maximum atomic E-state index is 5.76. The predicted octanol–water partition coefficient (Wildman–Crippen LogP) is 3.48. The van der Waals surface area contributed by atoms with Crippen LogP contribution in [0.25, 0.3) is 0 Å². The largest absolute Gasteiger partial charge is 0.360 e. The van der Waals surface area contributed by atoms with E-state index in [0.29, 0.717) is 11.8 Å². The van der Waals surface area contributed by atoms with Gasteiger partial charge >= 0.3 is 0 Å². The van der Waals surface area contributed by atoms with E-state index >= 15 is 0 Å². The highest BCUT2D eigenvalue weighted by Gasteiger charge is 2.27. The zero-order valence-electron chi connectivity index (χ0n) is 9.58. The summed E-state index contributed by atoms with van der Waals surface area (Å²) in [7, 11) is 0. The molecule has 0 bridgehead atoms. The lowest BCUT2D eigenvalue weighted by molar-refractivity contribution is 0.522. The van der Waals surface area contributed by atoms with Crippen molar-refractivity contribution >= 4 is 28.3 Å². The highest BCUT2D eigenvalue weighted by atomic mass is 35.5. The van der Waals surface area contributed by atoms with Crippen LogP contribution in [0.2, 0.25) is 0 Å². The summed E-state index contributed by atoms with van der Waals surface area (Å²) in [5, 5.41) is 4.34. The molecule has 0 radical (unpaired) electrons. The lowest BCUT2D eigenvalue weighted by Gasteiger charge is -2.12. The van der Waals surface area contributed by atoms with Crippen LogP contribution >= 0.6 is 23.1 Å². The molecule has 0 aromatic carbocycles. The first-order chi connectivity index (χ1) is 7.83. The summed E-state index contributed by atoms with van der Waals surface area (Å²) in [6, 6.07) is 0. The number of hydrogen-bond acceptors (Lipinski definition) is 4. The number of hydrogen-bond donors (Lipinski definition) is 1. The van der Waals surface area contributed by atoms with Crippen molar-refractivity contribution in [2.24, 2.45) is 5.92 Å². The minimum absolute atomic E-state index is 0.644. The van der Waals surface area contributed by atoms with Crippen molar-refractivity contribution in [3.63, 3.8) is 0 Å². The maximum absolute atomic E-state index is 5.76. The molecule has 0 spiro atoms. The zero-order valence-corrected chi connectivity index (χ0v) is 11.2. The Morgan fingerprint density at radius 3 is 3.00 bits per heavy atom. The topological polar surface area (TPSA) is 37.8 Å². The van der Waals surface area contributed by atoms with Crippen molar-refractivity contribution in [2.45, 2.75) is 38.5 Å². The van der Waals surface area contributed by atoms with Gasteiger partial charge in [-0.2, -0.15) is 4.37 Å². The Morgan fingerprint density at radius 1 is 1.56 bits per heavy atom. The van der Waals surface area contributed by atoms with E-state index in [1.165, 1.54) is 24.4 Å². The molecule has 1 aliphatic carbocycles. The van der Waals surface area contributed by atoms with Crippen molar-refractivity contribution in [1.29, 1.82) is 0 Å². The summed E-state index contributed by atoms with van der Waals surface area (Å²) in [6.07, 6.45) is 4.76. The summed E-state index contributed by atoms with van der Waals surface area (Å²) in [5.74, 6) is 3.07. The fourth-order valence-corrected chi connectivity index (χ4v) is 2.61. The van der Waals surface area contributed by atoms with Crippen molar-refractivity contribution < 1.29 is 0 Å². The van der Waals surface area contributed by atoms with E-state index < -0.39 is 0 Å². The van der Waals surface area contributed by atoms with Gasteiger partial charge in [-0.05, 0) is 25.2 Å². The van der Waals surface area contributed by atoms with Gasteiger partial charge in [0.2, 0.25) is 5.13 Å². The lowest BCUT2D eigenvalue weighted by Crippen LogP contribution is -2.14. The second-order valence-electron chi connectivity index (χ2n) is 4.36. The first-order valence-electron chi connectivity index (χ1n) is 5.97. The van der Waals surface area contributed by atoms with Crippen LogP contribution in [0.5, 0.6) is 0 Å². The van der Waals surface area contributed by atoms with Gasteiger partial charge in [-0.3, -0.25) is 0 Å². The van der Waals surface area contributed by atoms with E-state index in [1.54, 1.807) is 0 Å². The molecule has 0 amide bonds. The molecule has 1 aliphatic rings. The van der Waals surface area contributed by atoms with Crippen LogP contribution < -0.4 is 5.32 Å². The van der Waals surface area contributed by atoms with E-state index in [1.807, 2.05) is 0 Å². The molecule has 1 aromatic heterocycles. The van der Waals surface area contributed by atoms with Crippen LogP contribution in [-0.4, -0.2) is 21.8 Å². The standard InChI is InChI=1S/C11H18ClN3S/c1-2-8(5-6-12)7-13-11-14-10(15-16-11)9-3-4-9/h8-9H,2-7H2,1H3,(H,13,14,15). The first-order valence-corrected chi connectivity index (χ1v) is 7.27. The lowest BCUT2D eigenvalue weighted by atomic mass is 10.0. The van der Waals surface area contributed by atoms with E-state index in [2.05, 4.69) is 21.6 Å². The van der Waals surface area contributed by atoms with Crippen molar-refractivity contribution in [2.75, 3.05) is 17.7 Å². The molecule has 0 saturated heterocycles. The van der Waals surface area contributed by atoms with Gasteiger partial charge in [0.05, 0.1) is 0 Å². The van der Waals surface area contributed by atoms with Gasteiger partial charge < -0.3 is 5.32 Å². The van der Waals surface area contributed by atoms with Crippen LogP contribution in [-0.2, 0) is 0 Å². The minimum atomic E-state index is 0.644. The first kappa shape index (κ1) is 12.1. The van der Waals surface area contributed by atoms with Crippen LogP contribution in [0, 0.1) is 5.92 Å². The molecule has 1 N–H and O–H groups in total. The Balaban J connectivity index is 1.78. The monoisotopic (exact) mass is 259 g/mol. The van der Waals surface area contributed by atoms with Crippen LogP contribution in [0.1, 0.15) is 44.3 Å². The number of alkyl halides is 1. The molecule has 1 atom stereocenters. The summed E-state index contributed by atoms with van der Waals surface area (Å²) in [6.45, 7) is 3.16. The van der Waals surface area contributed by atoms with Gasteiger partial charge in [-0.15, -0.1) is 11.6 Å². The number of anilines is 1. The van der Waals surface area contributed by atoms with Crippen molar-refractivity contribution in [3.8, 4) is 0 Å². The Bertz CT molecular complexity index is 325. The molecule has 2 rings (SSSR count). The Morgan fingerprint density at radius 2 is 2.38 bits per heavy atom. The smallest absolute Gasteiger partial charge is 0.202 e. The van der Waals surface area contributed by atoms with Crippen LogP contribution in [0.3, 0.4) is 0 Å². The van der Waals surface area contributed by atoms with Gasteiger partial charge in [0.15, 0.2) is 0 Å².